The Morgan fingerprint density at radius 2 is 2.00 bits per heavy atom. The smallest absolute Gasteiger partial charge is 1.00 e. The maximum atomic E-state index is 4.14. The van der Waals surface area contributed by atoms with Crippen molar-refractivity contribution in [3.05, 3.63) is 12.4 Å². The molecule has 2 nitrogen and oxygen atoms in total. The van der Waals surface area contributed by atoms with Gasteiger partial charge >= 0.3 is 61.2 Å². The van der Waals surface area contributed by atoms with Gasteiger partial charge in [0.25, 0.3) is 0 Å². The number of rotatable bonds is 0. The summed E-state index contributed by atoms with van der Waals surface area (Å²) in [4.78, 5) is 0. The average Bonchev–Trinajstić information content (AvgIpc) is 2.08. The van der Waals surface area contributed by atoms with Crippen LogP contribution in [0.3, 0.4) is 0 Å². The maximum absolute atomic E-state index is 4.14. The Kier molecular flexibility index (Phi) is 3.77. The summed E-state index contributed by atoms with van der Waals surface area (Å²) < 4.78 is 6.40. The molecule has 0 aliphatic heterocycles. The molecule has 4 heteroatoms. The zero-order valence-electron chi connectivity index (χ0n) is 6.34. The number of hydrogen-bond acceptors (Lipinski definition) is 1. The Hall–Kier alpha value is 0.339. The first kappa shape index (κ1) is 10.3. The van der Waals surface area contributed by atoms with E-state index in [0.717, 1.165) is 0 Å². The van der Waals surface area contributed by atoms with Gasteiger partial charge in [0.15, 0.2) is 0 Å². The van der Waals surface area contributed by atoms with Gasteiger partial charge in [-0.3, -0.25) is 0 Å². The fourth-order valence-corrected chi connectivity index (χ4v) is 1.72. The van der Waals surface area contributed by atoms with E-state index in [-0.39, 0.29) is 22.5 Å². The first-order valence-electron chi connectivity index (χ1n) is 2.94. The molecule has 1 heterocycles. The summed E-state index contributed by atoms with van der Waals surface area (Å²) in [5.74, 6) is 0. The molecule has 1 aromatic heterocycles. The Balaban J connectivity index is 0.000000810. The van der Waals surface area contributed by atoms with Crippen LogP contribution in [-0.4, -0.2) is 18.9 Å². The van der Waals surface area contributed by atoms with Gasteiger partial charge in [0.2, 0.25) is 0 Å². The molecule has 0 fully saturated rings. The van der Waals surface area contributed by atoms with Gasteiger partial charge in [-0.1, -0.05) is 0 Å². The van der Waals surface area contributed by atoms with Gasteiger partial charge in [-0.2, -0.15) is 0 Å². The minimum absolute atomic E-state index is 0. The minimum Gasteiger partial charge on any atom is -1.00 e. The molecule has 1 rings (SSSR count). The van der Waals surface area contributed by atoms with Gasteiger partial charge in [0, 0.05) is 0 Å². The van der Waals surface area contributed by atoms with Crippen LogP contribution in [0.1, 0.15) is 20.8 Å². The van der Waals surface area contributed by atoms with E-state index in [0.29, 0.717) is 15.0 Å². The number of aromatic nitrogens is 2. The monoisotopic (exact) mass is 270 g/mol. The fraction of sp³-hybridized carbons (Fsp3) is 0.667. The van der Waals surface area contributed by atoms with Crippen molar-refractivity contribution in [3.63, 3.8) is 0 Å². The van der Waals surface area contributed by atoms with Crippen molar-refractivity contribution < 1.29 is 20.5 Å². The molecule has 0 aliphatic carbocycles. The summed E-state index contributed by atoms with van der Waals surface area (Å²) in [5, 5.41) is 0. The zero-order valence-corrected chi connectivity index (χ0v) is 9.63. The molecular weight excluding hydrogens is 259 g/mol. The second kappa shape index (κ2) is 3.65. The minimum atomic E-state index is 0. The molecule has 0 saturated carbocycles. The van der Waals surface area contributed by atoms with E-state index in [1.165, 1.54) is 0 Å². The van der Waals surface area contributed by atoms with E-state index in [1.54, 1.807) is 0 Å². The molecular formula is C6H11BrN2Se. The summed E-state index contributed by atoms with van der Waals surface area (Å²) in [6, 6.07) is 0. The molecule has 0 amide bonds. The molecule has 1 aromatic rings. The number of hydrogen-bond donors (Lipinski definition) is 0. The van der Waals surface area contributed by atoms with Crippen molar-refractivity contribution in [2.75, 3.05) is 0 Å². The normalized spacial score (nSPS) is 10.7. The summed E-state index contributed by atoms with van der Waals surface area (Å²) in [5.41, 5.74) is 0.260. The zero-order chi connectivity index (χ0) is 6.91. The van der Waals surface area contributed by atoms with Crippen LogP contribution in [-0.2, 0) is 5.54 Å². The van der Waals surface area contributed by atoms with Crippen LogP contribution in [0.5, 0.6) is 0 Å². The fourth-order valence-electron chi connectivity index (χ4n) is 0.539. The van der Waals surface area contributed by atoms with E-state index >= 15 is 0 Å². The number of nitrogens with zero attached hydrogens (tertiary/aromatic N) is 2. The average molecular weight is 270 g/mol. The largest absolute Gasteiger partial charge is 1.00 e. The summed E-state index contributed by atoms with van der Waals surface area (Å²) in [6.45, 7) is 6.58. The van der Waals surface area contributed by atoms with Gasteiger partial charge in [0.1, 0.15) is 0 Å². The van der Waals surface area contributed by atoms with Crippen LogP contribution in [0.15, 0.2) is 12.4 Å². The van der Waals surface area contributed by atoms with E-state index in [4.69, 9.17) is 0 Å². The van der Waals surface area contributed by atoms with Crippen LogP contribution < -0.4 is 20.5 Å². The molecule has 0 radical (unpaired) electrons. The predicted molar refractivity (Wildman–Crippen MR) is 36.4 cm³/mol. The molecule has 0 saturated heterocycles. The third-order valence-electron chi connectivity index (χ3n) is 1.06. The van der Waals surface area contributed by atoms with Crippen molar-refractivity contribution in [2.45, 2.75) is 26.3 Å². The van der Waals surface area contributed by atoms with E-state index < -0.39 is 0 Å². The number of halogens is 1. The standard InChI is InChI=1S/C6H11N2Se.BrH/c1-6(2,3)8-5-4-7-9-8;/h4-5H,1-3H3;1H/q+1;/p-1. The van der Waals surface area contributed by atoms with E-state index in [1.807, 2.05) is 6.20 Å². The molecule has 0 atom stereocenters. The Labute approximate surface area is 78.3 Å². The van der Waals surface area contributed by atoms with E-state index in [9.17, 15) is 0 Å². The molecule has 0 spiro atoms. The molecule has 10 heavy (non-hydrogen) atoms. The van der Waals surface area contributed by atoms with Crippen molar-refractivity contribution >= 4 is 15.0 Å². The molecule has 0 unspecified atom stereocenters. The van der Waals surface area contributed by atoms with Crippen molar-refractivity contribution in [1.29, 1.82) is 0 Å². The summed E-state index contributed by atoms with van der Waals surface area (Å²) in [7, 11) is 0. The molecule has 0 aliphatic rings. The molecule has 0 bridgehead atoms. The van der Waals surface area contributed by atoms with E-state index in [2.05, 4.69) is 34.5 Å². The van der Waals surface area contributed by atoms with Crippen LogP contribution >= 0.6 is 0 Å². The maximum Gasteiger partial charge on any atom is -1.00 e. The summed E-state index contributed by atoms with van der Waals surface area (Å²) in [6.07, 6.45) is 3.94. The first-order chi connectivity index (χ1) is 4.11. The van der Waals surface area contributed by atoms with Crippen LogP contribution in [0.25, 0.3) is 0 Å². The summed E-state index contributed by atoms with van der Waals surface area (Å²) >= 11 is 0.318. The second-order valence-corrected chi connectivity index (χ2v) is 4.59. The predicted octanol–water partition coefficient (Wildman–Crippen LogP) is -2.81. The van der Waals surface area contributed by atoms with Gasteiger partial charge in [-0.25, -0.2) is 0 Å². The van der Waals surface area contributed by atoms with Crippen LogP contribution in [0, 0.1) is 0 Å². The van der Waals surface area contributed by atoms with Crippen molar-refractivity contribution in [3.8, 4) is 0 Å². The topological polar surface area (TPSA) is 16.8 Å². The Morgan fingerprint density at radius 3 is 2.20 bits per heavy atom. The van der Waals surface area contributed by atoms with Gasteiger partial charge in [-0.05, 0) is 0 Å². The van der Waals surface area contributed by atoms with Crippen LogP contribution in [0.4, 0.5) is 0 Å². The third kappa shape index (κ3) is 2.52. The Morgan fingerprint density at radius 1 is 1.40 bits per heavy atom. The SMILES string of the molecule is CC(C)(C)[n+]1ccn[se]1.[Br-]. The van der Waals surface area contributed by atoms with Gasteiger partial charge < -0.3 is 17.0 Å². The quantitative estimate of drug-likeness (QED) is 0.465. The molecule has 0 N–H and O–H groups in total. The van der Waals surface area contributed by atoms with Gasteiger partial charge in [-0.15, -0.1) is 0 Å². The first-order valence-corrected chi connectivity index (χ1v) is 4.47. The Bertz CT molecular complexity index is 178. The van der Waals surface area contributed by atoms with Crippen molar-refractivity contribution in [2.24, 2.45) is 0 Å². The van der Waals surface area contributed by atoms with Crippen molar-refractivity contribution in [1.82, 2.24) is 3.98 Å². The molecule has 0 aromatic carbocycles. The van der Waals surface area contributed by atoms with Gasteiger partial charge in [0.05, 0.1) is 0 Å². The second-order valence-electron chi connectivity index (χ2n) is 2.98. The van der Waals surface area contributed by atoms with Crippen LogP contribution in [0.2, 0.25) is 0 Å². The molecule has 58 valence electrons. The third-order valence-corrected chi connectivity index (χ3v) is 3.29.